The molecule has 4 rings (SSSR count). The van der Waals surface area contributed by atoms with Gasteiger partial charge in [-0.1, -0.05) is 24.2 Å². The van der Waals surface area contributed by atoms with E-state index >= 15 is 0 Å². The van der Waals surface area contributed by atoms with E-state index in [9.17, 15) is 4.79 Å². The first kappa shape index (κ1) is 24.8. The fourth-order valence-electron chi connectivity index (χ4n) is 4.19. The number of rotatable bonds is 8. The van der Waals surface area contributed by atoms with Gasteiger partial charge in [-0.05, 0) is 82.2 Å². The summed E-state index contributed by atoms with van der Waals surface area (Å²) in [7, 11) is 1.64. The molecule has 3 aromatic rings. The number of piperidine rings is 1. The van der Waals surface area contributed by atoms with Gasteiger partial charge in [0.1, 0.15) is 5.75 Å². The molecule has 2 atom stereocenters. The summed E-state index contributed by atoms with van der Waals surface area (Å²) in [6, 6.07) is 16.9. The number of thioether (sulfide) groups is 1. The molecule has 9 heteroatoms. The molecular weight excluding hydrogens is 460 g/mol. The molecule has 0 aliphatic carbocycles. The van der Waals surface area contributed by atoms with Crippen molar-refractivity contribution in [3.8, 4) is 17.5 Å². The first-order valence-electron chi connectivity index (χ1n) is 11.8. The number of benzene rings is 2. The molecule has 0 spiro atoms. The second-order valence-electron chi connectivity index (χ2n) is 8.59. The molecule has 2 heterocycles. The van der Waals surface area contributed by atoms with Gasteiger partial charge in [0, 0.05) is 11.4 Å². The normalized spacial score (nSPS) is 15.7. The molecule has 1 amide bonds. The number of ether oxygens (including phenoxy) is 1. The lowest BCUT2D eigenvalue weighted by Crippen LogP contribution is -2.33. The average Bonchev–Trinajstić information content (AvgIpc) is 3.32. The molecule has 1 aliphatic rings. The van der Waals surface area contributed by atoms with Crippen molar-refractivity contribution < 1.29 is 9.53 Å². The largest absolute Gasteiger partial charge is 0.497 e. The zero-order chi connectivity index (χ0) is 24.8. The van der Waals surface area contributed by atoms with Gasteiger partial charge in [-0.2, -0.15) is 5.26 Å². The average molecular weight is 491 g/mol. The smallest absolute Gasteiger partial charge is 0.237 e. The molecule has 182 valence electrons. The van der Waals surface area contributed by atoms with Crippen LogP contribution in [0.3, 0.4) is 0 Å². The summed E-state index contributed by atoms with van der Waals surface area (Å²) in [5, 5.41) is 21.3. The lowest BCUT2D eigenvalue weighted by Gasteiger charge is -2.32. The summed E-state index contributed by atoms with van der Waals surface area (Å²) in [5.41, 5.74) is 2.02. The molecule has 1 aromatic heterocycles. The van der Waals surface area contributed by atoms with E-state index in [0.717, 1.165) is 30.4 Å². The molecule has 1 saturated heterocycles. The minimum absolute atomic E-state index is 0.0945. The minimum Gasteiger partial charge on any atom is -0.497 e. The summed E-state index contributed by atoms with van der Waals surface area (Å²) in [6.07, 6.45) is 3.64. The molecule has 1 fully saturated rings. The number of hydrogen-bond donors (Lipinski definition) is 1. The number of amides is 1. The van der Waals surface area contributed by atoms with Gasteiger partial charge in [0.2, 0.25) is 5.91 Å². The number of nitrogens with zero attached hydrogens (tertiary/aromatic N) is 5. The van der Waals surface area contributed by atoms with Crippen molar-refractivity contribution in [2.45, 2.75) is 49.6 Å². The molecule has 0 unspecified atom stereocenters. The van der Waals surface area contributed by atoms with E-state index in [4.69, 9.17) is 10.00 Å². The standard InChI is InChI=1S/C26H30N6O2S/c1-18(31-14-5-4-6-15-31)24-29-30-26(32(24)22-10-12-23(34-3)13-11-22)35-19(2)25(33)28-21-9-7-8-20(16-21)17-27/h7-13,16,18-19H,4-6,14-15H2,1-3H3,(H,28,33)/t18-,19-/m0/s1. The van der Waals surface area contributed by atoms with Gasteiger partial charge in [-0.15, -0.1) is 10.2 Å². The third-order valence-corrected chi connectivity index (χ3v) is 7.25. The highest BCUT2D eigenvalue weighted by molar-refractivity contribution is 8.00. The Hall–Kier alpha value is -3.35. The quantitative estimate of drug-likeness (QED) is 0.453. The highest BCUT2D eigenvalue weighted by Gasteiger charge is 2.27. The maximum atomic E-state index is 12.9. The number of nitriles is 1. The second-order valence-corrected chi connectivity index (χ2v) is 9.90. The maximum absolute atomic E-state index is 12.9. The second kappa shape index (κ2) is 11.4. The summed E-state index contributed by atoms with van der Waals surface area (Å²) >= 11 is 1.36. The number of anilines is 1. The van der Waals surface area contributed by atoms with Crippen LogP contribution in [0.1, 0.15) is 50.5 Å². The highest BCUT2D eigenvalue weighted by Crippen LogP contribution is 2.32. The van der Waals surface area contributed by atoms with Gasteiger partial charge in [0.15, 0.2) is 11.0 Å². The predicted octanol–water partition coefficient (Wildman–Crippen LogP) is 4.81. The van der Waals surface area contributed by atoms with Crippen molar-refractivity contribution in [3.05, 3.63) is 59.9 Å². The molecular formula is C26H30N6O2S. The number of hydrogen-bond acceptors (Lipinski definition) is 7. The summed E-state index contributed by atoms with van der Waals surface area (Å²) in [5.74, 6) is 1.46. The van der Waals surface area contributed by atoms with Crippen molar-refractivity contribution in [1.29, 1.82) is 5.26 Å². The predicted molar refractivity (Wildman–Crippen MR) is 137 cm³/mol. The molecule has 0 saturated carbocycles. The molecule has 35 heavy (non-hydrogen) atoms. The highest BCUT2D eigenvalue weighted by atomic mass is 32.2. The molecule has 8 nitrogen and oxygen atoms in total. The number of likely N-dealkylation sites (tertiary alicyclic amines) is 1. The SMILES string of the molecule is COc1ccc(-n2c(S[C@@H](C)C(=O)Nc3cccc(C#N)c3)nnc2[C@H](C)N2CCCCC2)cc1. The molecule has 2 aromatic carbocycles. The Labute approximate surface area is 210 Å². The Bertz CT molecular complexity index is 1200. The minimum atomic E-state index is -0.430. The number of carbonyl (C=O) groups is 1. The van der Waals surface area contributed by atoms with E-state index in [1.165, 1.54) is 31.0 Å². The maximum Gasteiger partial charge on any atom is 0.237 e. The van der Waals surface area contributed by atoms with Gasteiger partial charge in [0.05, 0.1) is 30.0 Å². The van der Waals surface area contributed by atoms with E-state index in [2.05, 4.69) is 33.4 Å². The van der Waals surface area contributed by atoms with Crippen molar-refractivity contribution in [2.24, 2.45) is 0 Å². The van der Waals surface area contributed by atoms with E-state index in [0.29, 0.717) is 16.4 Å². The number of methoxy groups -OCH3 is 1. The van der Waals surface area contributed by atoms with Crippen LogP contribution in [0.5, 0.6) is 5.75 Å². The third kappa shape index (κ3) is 5.84. The summed E-state index contributed by atoms with van der Waals surface area (Å²) < 4.78 is 7.38. The van der Waals surface area contributed by atoms with Crippen molar-refractivity contribution >= 4 is 23.4 Å². The first-order chi connectivity index (χ1) is 17.0. The summed E-state index contributed by atoms with van der Waals surface area (Å²) in [6.45, 7) is 6.09. The van der Waals surface area contributed by atoms with Gasteiger partial charge in [-0.3, -0.25) is 14.3 Å². The van der Waals surface area contributed by atoms with Gasteiger partial charge < -0.3 is 10.1 Å². The lowest BCUT2D eigenvalue weighted by molar-refractivity contribution is -0.115. The number of carbonyl (C=O) groups excluding carboxylic acids is 1. The summed E-state index contributed by atoms with van der Waals surface area (Å²) in [4.78, 5) is 15.4. The molecule has 0 radical (unpaired) electrons. The van der Waals surface area contributed by atoms with E-state index < -0.39 is 5.25 Å². The van der Waals surface area contributed by atoms with Crippen LogP contribution < -0.4 is 10.1 Å². The van der Waals surface area contributed by atoms with E-state index in [1.807, 2.05) is 35.8 Å². The fourth-order valence-corrected chi connectivity index (χ4v) is 5.07. The molecule has 1 N–H and O–H groups in total. The van der Waals surface area contributed by atoms with Crippen LogP contribution >= 0.6 is 11.8 Å². The fraction of sp³-hybridized carbons (Fsp3) is 0.385. The van der Waals surface area contributed by atoms with Crippen LogP contribution in [0.2, 0.25) is 0 Å². The Morgan fingerprint density at radius 3 is 2.54 bits per heavy atom. The van der Waals surface area contributed by atoms with Crippen molar-refractivity contribution in [2.75, 3.05) is 25.5 Å². The zero-order valence-electron chi connectivity index (χ0n) is 20.3. The topological polar surface area (TPSA) is 96.1 Å². The lowest BCUT2D eigenvalue weighted by atomic mass is 10.1. The Morgan fingerprint density at radius 1 is 1.11 bits per heavy atom. The van der Waals surface area contributed by atoms with Crippen LogP contribution in [-0.2, 0) is 4.79 Å². The number of aromatic nitrogens is 3. The van der Waals surface area contributed by atoms with Crippen LogP contribution in [-0.4, -0.2) is 51.0 Å². The first-order valence-corrected chi connectivity index (χ1v) is 12.7. The van der Waals surface area contributed by atoms with Gasteiger partial charge >= 0.3 is 0 Å². The Morgan fingerprint density at radius 2 is 1.86 bits per heavy atom. The Balaban J connectivity index is 1.59. The number of nitrogens with one attached hydrogen (secondary N) is 1. The van der Waals surface area contributed by atoms with Crippen molar-refractivity contribution in [3.63, 3.8) is 0 Å². The molecule has 1 aliphatic heterocycles. The van der Waals surface area contributed by atoms with Crippen LogP contribution in [0.15, 0.2) is 53.7 Å². The monoisotopic (exact) mass is 490 g/mol. The third-order valence-electron chi connectivity index (χ3n) is 6.21. The van der Waals surface area contributed by atoms with Gasteiger partial charge in [-0.25, -0.2) is 0 Å². The van der Waals surface area contributed by atoms with Crippen LogP contribution in [0.4, 0.5) is 5.69 Å². The van der Waals surface area contributed by atoms with Crippen LogP contribution in [0, 0.1) is 11.3 Å². The van der Waals surface area contributed by atoms with E-state index in [1.54, 1.807) is 31.4 Å². The van der Waals surface area contributed by atoms with Crippen LogP contribution in [0.25, 0.3) is 5.69 Å². The molecule has 0 bridgehead atoms. The zero-order valence-corrected chi connectivity index (χ0v) is 21.1. The van der Waals surface area contributed by atoms with Gasteiger partial charge in [0.25, 0.3) is 0 Å². The van der Waals surface area contributed by atoms with E-state index in [-0.39, 0.29) is 11.9 Å². The van der Waals surface area contributed by atoms with Crippen molar-refractivity contribution in [1.82, 2.24) is 19.7 Å². The Kier molecular flexibility index (Phi) is 8.06.